The minimum Gasteiger partial charge on any atom is -0.452 e. The number of anilines is 2. The fourth-order valence-corrected chi connectivity index (χ4v) is 4.00. The van der Waals surface area contributed by atoms with Crippen molar-refractivity contribution in [2.75, 3.05) is 16.8 Å². The number of esters is 1. The Morgan fingerprint density at radius 2 is 1.47 bits per heavy atom. The van der Waals surface area contributed by atoms with E-state index in [-0.39, 0.29) is 16.9 Å². The molecule has 7 nitrogen and oxygen atoms in total. The highest BCUT2D eigenvalue weighted by atomic mass is 19.1. The van der Waals surface area contributed by atoms with E-state index in [4.69, 9.17) is 4.74 Å². The van der Waals surface area contributed by atoms with Crippen LogP contribution in [0.5, 0.6) is 0 Å². The van der Waals surface area contributed by atoms with E-state index in [0.29, 0.717) is 22.6 Å². The van der Waals surface area contributed by atoms with E-state index < -0.39 is 41.9 Å². The van der Waals surface area contributed by atoms with Gasteiger partial charge in [-0.2, -0.15) is 0 Å². The van der Waals surface area contributed by atoms with Crippen LogP contribution < -0.4 is 10.2 Å². The molecule has 0 aliphatic carbocycles. The number of amides is 3. The number of hydrogen-bond acceptors (Lipinski definition) is 5. The molecule has 178 valence electrons. The van der Waals surface area contributed by atoms with Crippen molar-refractivity contribution in [2.45, 2.75) is 0 Å². The molecule has 3 amide bonds. The van der Waals surface area contributed by atoms with Gasteiger partial charge < -0.3 is 10.1 Å². The highest BCUT2D eigenvalue weighted by Gasteiger charge is 2.33. The van der Waals surface area contributed by atoms with Gasteiger partial charge in [0.25, 0.3) is 17.7 Å². The van der Waals surface area contributed by atoms with Crippen LogP contribution in [0.1, 0.15) is 31.1 Å². The number of benzene rings is 4. The molecule has 0 spiro atoms. The third-order valence-corrected chi connectivity index (χ3v) is 5.67. The molecule has 1 N–H and O–H groups in total. The van der Waals surface area contributed by atoms with Crippen LogP contribution in [0.15, 0.2) is 78.9 Å². The highest BCUT2D eigenvalue weighted by molar-refractivity contribution is 6.35. The third-order valence-electron chi connectivity index (χ3n) is 5.67. The molecular formula is C27H16F2N2O5. The summed E-state index contributed by atoms with van der Waals surface area (Å²) in [5.41, 5.74) is 0.871. The third kappa shape index (κ3) is 4.07. The first kappa shape index (κ1) is 22.9. The van der Waals surface area contributed by atoms with Gasteiger partial charge in [0.2, 0.25) is 0 Å². The summed E-state index contributed by atoms with van der Waals surface area (Å²) in [7, 11) is 0. The second kappa shape index (κ2) is 9.03. The molecule has 5 rings (SSSR count). The number of nitrogens with one attached hydrogen (secondary N) is 1. The lowest BCUT2D eigenvalue weighted by atomic mass is 9.94. The molecule has 1 aliphatic heterocycles. The van der Waals surface area contributed by atoms with Crippen LogP contribution in [0.3, 0.4) is 0 Å². The van der Waals surface area contributed by atoms with E-state index in [1.165, 1.54) is 24.3 Å². The maximum Gasteiger partial charge on any atom is 0.338 e. The van der Waals surface area contributed by atoms with Crippen molar-refractivity contribution in [3.8, 4) is 0 Å². The number of halogens is 2. The molecule has 0 aromatic heterocycles. The van der Waals surface area contributed by atoms with Crippen LogP contribution in [-0.4, -0.2) is 30.3 Å². The summed E-state index contributed by atoms with van der Waals surface area (Å²) in [6, 6.07) is 18.7. The van der Waals surface area contributed by atoms with Crippen molar-refractivity contribution < 1.29 is 32.7 Å². The number of carbonyl (C=O) groups excluding carboxylic acids is 4. The fraction of sp³-hybridized carbons (Fsp3) is 0.0370. The van der Waals surface area contributed by atoms with Gasteiger partial charge in [0, 0.05) is 22.6 Å². The molecule has 1 heterocycles. The zero-order chi connectivity index (χ0) is 25.4. The molecule has 36 heavy (non-hydrogen) atoms. The number of imide groups is 1. The van der Waals surface area contributed by atoms with Crippen LogP contribution in [0.4, 0.5) is 20.2 Å². The molecule has 4 aromatic carbocycles. The number of rotatable bonds is 5. The maximum absolute atomic E-state index is 13.7. The minimum absolute atomic E-state index is 0.0684. The summed E-state index contributed by atoms with van der Waals surface area (Å²) in [5, 5.41) is 3.57. The van der Waals surface area contributed by atoms with Gasteiger partial charge in [-0.25, -0.2) is 18.5 Å². The lowest BCUT2D eigenvalue weighted by Crippen LogP contribution is -2.40. The van der Waals surface area contributed by atoms with Gasteiger partial charge in [-0.3, -0.25) is 14.4 Å². The molecule has 0 fully saturated rings. The van der Waals surface area contributed by atoms with Gasteiger partial charge in [0.1, 0.15) is 11.6 Å². The molecule has 0 bridgehead atoms. The molecule has 1 aliphatic rings. The smallest absolute Gasteiger partial charge is 0.338 e. The molecule has 0 unspecified atom stereocenters. The molecular weight excluding hydrogens is 470 g/mol. The zero-order valence-corrected chi connectivity index (χ0v) is 18.5. The van der Waals surface area contributed by atoms with Gasteiger partial charge in [0.15, 0.2) is 6.61 Å². The second-order valence-electron chi connectivity index (χ2n) is 7.95. The Labute approximate surface area is 202 Å². The van der Waals surface area contributed by atoms with Crippen molar-refractivity contribution in [2.24, 2.45) is 0 Å². The normalized spacial score (nSPS) is 12.6. The summed E-state index contributed by atoms with van der Waals surface area (Å²) in [6.07, 6.45) is 0. The van der Waals surface area contributed by atoms with E-state index in [0.717, 1.165) is 22.4 Å². The maximum atomic E-state index is 13.7. The van der Waals surface area contributed by atoms with Crippen molar-refractivity contribution in [3.63, 3.8) is 0 Å². The largest absolute Gasteiger partial charge is 0.452 e. The number of hydrogen-bond donors (Lipinski definition) is 1. The summed E-state index contributed by atoms with van der Waals surface area (Å²) in [5.74, 6) is -4.39. The Morgan fingerprint density at radius 3 is 2.08 bits per heavy atom. The van der Waals surface area contributed by atoms with E-state index >= 15 is 0 Å². The monoisotopic (exact) mass is 486 g/mol. The predicted molar refractivity (Wildman–Crippen MR) is 127 cm³/mol. The van der Waals surface area contributed by atoms with Crippen molar-refractivity contribution in [1.82, 2.24) is 0 Å². The molecule has 4 aromatic rings. The van der Waals surface area contributed by atoms with Gasteiger partial charge in [-0.1, -0.05) is 24.3 Å². The lowest BCUT2D eigenvalue weighted by molar-refractivity contribution is -0.119. The average Bonchev–Trinajstić information content (AvgIpc) is 2.88. The van der Waals surface area contributed by atoms with Crippen molar-refractivity contribution >= 4 is 45.8 Å². The van der Waals surface area contributed by atoms with E-state index in [1.807, 2.05) is 12.1 Å². The minimum atomic E-state index is -0.967. The Morgan fingerprint density at radius 1 is 0.833 bits per heavy atom. The number of carbonyl (C=O) groups is 4. The van der Waals surface area contributed by atoms with Crippen LogP contribution in [-0.2, 0) is 9.53 Å². The fourth-order valence-electron chi connectivity index (χ4n) is 4.00. The zero-order valence-electron chi connectivity index (χ0n) is 18.5. The number of nitrogens with zero attached hydrogens (tertiary/aromatic N) is 1. The Kier molecular flexibility index (Phi) is 5.73. The van der Waals surface area contributed by atoms with Crippen LogP contribution in [0.25, 0.3) is 10.8 Å². The Bertz CT molecular complexity index is 1520. The SMILES string of the molecule is O=C(COC(=O)c1ccc(N2C(=O)c3cccc4cccc(c34)C2=O)cc1)Nc1ccc(F)cc1F. The number of ether oxygens (including phenoxy) is 1. The first-order valence-electron chi connectivity index (χ1n) is 10.8. The summed E-state index contributed by atoms with van der Waals surface area (Å²) in [6.45, 7) is -0.707. The predicted octanol–water partition coefficient (Wildman–Crippen LogP) is 4.71. The summed E-state index contributed by atoms with van der Waals surface area (Å²) >= 11 is 0. The highest BCUT2D eigenvalue weighted by Crippen LogP contribution is 2.32. The molecule has 9 heteroatoms. The quantitative estimate of drug-likeness (QED) is 0.326. The lowest BCUT2D eigenvalue weighted by Gasteiger charge is -2.27. The van der Waals surface area contributed by atoms with Crippen LogP contribution in [0.2, 0.25) is 0 Å². The first-order chi connectivity index (χ1) is 17.3. The van der Waals surface area contributed by atoms with Gasteiger partial charge in [-0.05, 0) is 53.9 Å². The Hall–Kier alpha value is -4.92. The van der Waals surface area contributed by atoms with Crippen molar-refractivity contribution in [3.05, 3.63) is 107 Å². The molecule has 0 saturated heterocycles. The second-order valence-corrected chi connectivity index (χ2v) is 7.95. The standard InChI is InChI=1S/C27H16F2N2O5/c28-17-9-12-22(21(29)13-17)30-23(32)14-36-27(35)16-7-10-18(11-8-16)31-25(33)19-5-1-3-15-4-2-6-20(24(15)19)26(31)34/h1-13H,14H2,(H,30,32). The van der Waals surface area contributed by atoms with E-state index in [1.54, 1.807) is 24.3 Å². The van der Waals surface area contributed by atoms with Gasteiger partial charge >= 0.3 is 5.97 Å². The Balaban J connectivity index is 1.28. The van der Waals surface area contributed by atoms with Crippen LogP contribution >= 0.6 is 0 Å². The summed E-state index contributed by atoms with van der Waals surface area (Å²) < 4.78 is 31.6. The van der Waals surface area contributed by atoms with Crippen molar-refractivity contribution in [1.29, 1.82) is 0 Å². The van der Waals surface area contributed by atoms with Gasteiger partial charge in [-0.15, -0.1) is 0 Å². The molecule has 0 saturated carbocycles. The first-order valence-corrected chi connectivity index (χ1v) is 10.8. The van der Waals surface area contributed by atoms with Crippen LogP contribution in [0, 0.1) is 11.6 Å². The average molecular weight is 486 g/mol. The van der Waals surface area contributed by atoms with E-state index in [2.05, 4.69) is 5.32 Å². The topological polar surface area (TPSA) is 92.8 Å². The summed E-state index contributed by atoms with van der Waals surface area (Å²) in [4.78, 5) is 51.6. The molecule has 0 radical (unpaired) electrons. The molecule has 0 atom stereocenters. The van der Waals surface area contributed by atoms with E-state index in [9.17, 15) is 28.0 Å². The van der Waals surface area contributed by atoms with Gasteiger partial charge in [0.05, 0.1) is 16.9 Å².